The van der Waals surface area contributed by atoms with Crippen LogP contribution in [0.4, 0.5) is 0 Å². The number of hydrogen-bond acceptors (Lipinski definition) is 1. The lowest BCUT2D eigenvalue weighted by atomic mass is 10.0. The Hall–Kier alpha value is -0.850. The van der Waals surface area contributed by atoms with Crippen LogP contribution in [0.2, 0.25) is 0 Å². The lowest BCUT2D eigenvalue weighted by molar-refractivity contribution is -0.104. The zero-order valence-electron chi connectivity index (χ0n) is 7.72. The van der Waals surface area contributed by atoms with Crippen LogP contribution < -0.4 is 0 Å². The van der Waals surface area contributed by atoms with Crippen LogP contribution in [0.1, 0.15) is 27.7 Å². The van der Waals surface area contributed by atoms with Crippen molar-refractivity contribution in [2.24, 2.45) is 5.92 Å². The molecule has 0 radical (unpaired) electrons. The Kier molecular flexibility index (Phi) is 4.51. The summed E-state index contributed by atoms with van der Waals surface area (Å²) in [6, 6.07) is 0. The maximum atomic E-state index is 10.2. The van der Waals surface area contributed by atoms with Gasteiger partial charge in [0.2, 0.25) is 0 Å². The Balaban J connectivity index is 4.22. The molecular weight excluding hydrogens is 136 g/mol. The lowest BCUT2D eigenvalue weighted by Gasteiger charge is -2.01. The summed E-state index contributed by atoms with van der Waals surface area (Å²) in [7, 11) is 0. The average Bonchev–Trinajstić information content (AvgIpc) is 1.99. The van der Waals surface area contributed by atoms with Crippen molar-refractivity contribution in [1.29, 1.82) is 0 Å². The van der Waals surface area contributed by atoms with E-state index in [1.807, 2.05) is 12.2 Å². The standard InChI is InChI=1S/C10H16O/c1-8(2)10(4)6-5-9(3)7-11/h5-8H,1-4H3/b9-5+,10-6-. The molecule has 0 aliphatic carbocycles. The monoisotopic (exact) mass is 152 g/mol. The number of rotatable bonds is 3. The van der Waals surface area contributed by atoms with Crippen molar-refractivity contribution < 1.29 is 4.79 Å². The van der Waals surface area contributed by atoms with E-state index < -0.39 is 0 Å². The van der Waals surface area contributed by atoms with Crippen LogP contribution >= 0.6 is 0 Å². The van der Waals surface area contributed by atoms with Gasteiger partial charge in [-0.15, -0.1) is 0 Å². The number of aldehydes is 1. The number of hydrogen-bond donors (Lipinski definition) is 0. The van der Waals surface area contributed by atoms with E-state index in [1.54, 1.807) is 6.92 Å². The molecule has 0 N–H and O–H groups in total. The van der Waals surface area contributed by atoms with E-state index in [1.165, 1.54) is 5.57 Å². The van der Waals surface area contributed by atoms with Gasteiger partial charge in [-0.3, -0.25) is 4.79 Å². The molecule has 0 amide bonds. The van der Waals surface area contributed by atoms with E-state index in [0.717, 1.165) is 11.9 Å². The summed E-state index contributed by atoms with van der Waals surface area (Å²) in [6.07, 6.45) is 4.71. The third-order valence-corrected chi connectivity index (χ3v) is 1.71. The van der Waals surface area contributed by atoms with Gasteiger partial charge in [-0.1, -0.05) is 31.6 Å². The fourth-order valence-corrected chi connectivity index (χ4v) is 0.495. The van der Waals surface area contributed by atoms with E-state index in [4.69, 9.17) is 0 Å². The molecule has 0 bridgehead atoms. The first-order valence-corrected chi connectivity index (χ1v) is 3.88. The van der Waals surface area contributed by atoms with Gasteiger partial charge in [-0.05, 0) is 25.3 Å². The third-order valence-electron chi connectivity index (χ3n) is 1.71. The highest BCUT2D eigenvalue weighted by Crippen LogP contribution is 2.07. The van der Waals surface area contributed by atoms with E-state index in [0.29, 0.717) is 5.92 Å². The van der Waals surface area contributed by atoms with Crippen molar-refractivity contribution in [1.82, 2.24) is 0 Å². The minimum atomic E-state index is 0.561. The predicted octanol–water partition coefficient (Wildman–Crippen LogP) is 2.73. The highest BCUT2D eigenvalue weighted by atomic mass is 16.1. The predicted molar refractivity (Wildman–Crippen MR) is 48.4 cm³/mol. The molecule has 0 atom stereocenters. The first-order chi connectivity index (χ1) is 5.07. The molecule has 0 saturated carbocycles. The zero-order valence-corrected chi connectivity index (χ0v) is 7.72. The summed E-state index contributed by atoms with van der Waals surface area (Å²) in [4.78, 5) is 10.2. The normalized spacial score (nSPS) is 13.9. The molecule has 0 rings (SSSR count). The van der Waals surface area contributed by atoms with Gasteiger partial charge < -0.3 is 0 Å². The molecule has 0 aromatic carbocycles. The van der Waals surface area contributed by atoms with E-state index >= 15 is 0 Å². The zero-order chi connectivity index (χ0) is 8.85. The van der Waals surface area contributed by atoms with Gasteiger partial charge in [0.25, 0.3) is 0 Å². The van der Waals surface area contributed by atoms with Gasteiger partial charge in [0.1, 0.15) is 6.29 Å². The van der Waals surface area contributed by atoms with Crippen molar-refractivity contribution in [2.45, 2.75) is 27.7 Å². The molecule has 0 saturated heterocycles. The van der Waals surface area contributed by atoms with Crippen LogP contribution in [0.15, 0.2) is 23.3 Å². The van der Waals surface area contributed by atoms with Crippen molar-refractivity contribution in [3.63, 3.8) is 0 Å². The highest BCUT2D eigenvalue weighted by molar-refractivity contribution is 5.72. The molecule has 0 fully saturated rings. The van der Waals surface area contributed by atoms with Gasteiger partial charge >= 0.3 is 0 Å². The molecule has 1 heteroatoms. The van der Waals surface area contributed by atoms with Crippen LogP contribution in [-0.4, -0.2) is 6.29 Å². The van der Waals surface area contributed by atoms with Gasteiger partial charge in [0.05, 0.1) is 0 Å². The van der Waals surface area contributed by atoms with Crippen molar-refractivity contribution in [3.8, 4) is 0 Å². The Bertz CT molecular complexity index is 185. The summed E-state index contributed by atoms with van der Waals surface area (Å²) in [5.74, 6) is 0.561. The van der Waals surface area contributed by atoms with Crippen LogP contribution in [0.5, 0.6) is 0 Å². The number of carbonyl (C=O) groups excluding carboxylic acids is 1. The second-order valence-corrected chi connectivity index (χ2v) is 3.09. The largest absolute Gasteiger partial charge is 0.298 e. The van der Waals surface area contributed by atoms with E-state index in [9.17, 15) is 4.79 Å². The minimum absolute atomic E-state index is 0.561. The topological polar surface area (TPSA) is 17.1 Å². The maximum absolute atomic E-state index is 10.2. The third kappa shape index (κ3) is 4.54. The van der Waals surface area contributed by atoms with Crippen molar-refractivity contribution in [2.75, 3.05) is 0 Å². The fourth-order valence-electron chi connectivity index (χ4n) is 0.495. The second-order valence-electron chi connectivity index (χ2n) is 3.09. The van der Waals surface area contributed by atoms with E-state index in [-0.39, 0.29) is 0 Å². The molecule has 0 aliphatic rings. The molecule has 0 aromatic heterocycles. The highest BCUT2D eigenvalue weighted by Gasteiger charge is 1.92. The van der Waals surface area contributed by atoms with Crippen LogP contribution in [0.25, 0.3) is 0 Å². The molecule has 0 aromatic rings. The molecule has 0 unspecified atom stereocenters. The summed E-state index contributed by atoms with van der Waals surface area (Å²) >= 11 is 0. The van der Waals surface area contributed by atoms with Crippen LogP contribution in [-0.2, 0) is 4.79 Å². The average molecular weight is 152 g/mol. The van der Waals surface area contributed by atoms with Gasteiger partial charge in [0, 0.05) is 0 Å². The number of allylic oxidation sites excluding steroid dienone is 4. The lowest BCUT2D eigenvalue weighted by Crippen LogP contribution is -1.87. The fraction of sp³-hybridized carbons (Fsp3) is 0.500. The first kappa shape index (κ1) is 10.2. The molecular formula is C10H16O. The summed E-state index contributed by atoms with van der Waals surface area (Å²) < 4.78 is 0. The van der Waals surface area contributed by atoms with Gasteiger partial charge in [-0.25, -0.2) is 0 Å². The van der Waals surface area contributed by atoms with Gasteiger partial charge in [0.15, 0.2) is 0 Å². The quantitative estimate of drug-likeness (QED) is 0.345. The van der Waals surface area contributed by atoms with Crippen LogP contribution in [0, 0.1) is 5.92 Å². The molecule has 0 spiro atoms. The Morgan fingerprint density at radius 3 is 2.09 bits per heavy atom. The summed E-state index contributed by atoms with van der Waals surface area (Å²) in [6.45, 7) is 8.14. The minimum Gasteiger partial charge on any atom is -0.298 e. The molecule has 0 aliphatic heterocycles. The first-order valence-electron chi connectivity index (χ1n) is 3.88. The molecule has 1 nitrogen and oxygen atoms in total. The van der Waals surface area contributed by atoms with Crippen LogP contribution in [0.3, 0.4) is 0 Å². The van der Waals surface area contributed by atoms with Gasteiger partial charge in [-0.2, -0.15) is 0 Å². The summed E-state index contributed by atoms with van der Waals surface area (Å²) in [5.41, 5.74) is 2.07. The SMILES string of the molecule is C/C(=C/C=C(\C)C=O)C(C)C. The maximum Gasteiger partial charge on any atom is 0.145 e. The van der Waals surface area contributed by atoms with Crippen molar-refractivity contribution in [3.05, 3.63) is 23.3 Å². The van der Waals surface area contributed by atoms with E-state index in [2.05, 4.69) is 20.8 Å². The smallest absolute Gasteiger partial charge is 0.145 e. The Morgan fingerprint density at radius 1 is 1.18 bits per heavy atom. The number of carbonyl (C=O) groups is 1. The Morgan fingerprint density at radius 2 is 1.73 bits per heavy atom. The molecule has 0 heterocycles. The second kappa shape index (κ2) is 4.89. The van der Waals surface area contributed by atoms with Crippen molar-refractivity contribution >= 4 is 6.29 Å². The summed E-state index contributed by atoms with van der Waals surface area (Å²) in [5, 5.41) is 0. The Labute approximate surface area is 68.8 Å². The molecule has 11 heavy (non-hydrogen) atoms. The molecule has 62 valence electrons.